The van der Waals surface area contributed by atoms with Crippen LogP contribution in [-0.4, -0.2) is 18.4 Å². The minimum Gasteiger partial charge on any atom is -0.406 e. The van der Waals surface area contributed by atoms with Crippen LogP contribution in [0.2, 0.25) is 0 Å². The molecule has 1 aromatic carbocycles. The van der Waals surface area contributed by atoms with E-state index in [9.17, 15) is 13.2 Å². The van der Waals surface area contributed by atoms with Crippen LogP contribution in [0.25, 0.3) is 0 Å². The first kappa shape index (κ1) is 14.5. The standard InChI is InChI=1S/C13H16F3N3O/c1-12(2)7-10(12)19-11(17)18-8-3-5-9(6-4-8)20-13(14,15)16/h3-6,10H,7H2,1-2H3,(H3,17,18,19)/t10-/m0/s1. The lowest BCUT2D eigenvalue weighted by atomic mass is 10.2. The van der Waals surface area contributed by atoms with E-state index >= 15 is 0 Å². The highest BCUT2D eigenvalue weighted by Crippen LogP contribution is 2.47. The Morgan fingerprint density at radius 2 is 1.90 bits per heavy atom. The van der Waals surface area contributed by atoms with Crippen molar-refractivity contribution in [1.82, 2.24) is 0 Å². The van der Waals surface area contributed by atoms with Crippen molar-refractivity contribution < 1.29 is 17.9 Å². The molecule has 1 atom stereocenters. The zero-order valence-electron chi connectivity index (χ0n) is 11.2. The van der Waals surface area contributed by atoms with Gasteiger partial charge in [-0.1, -0.05) is 13.8 Å². The second kappa shape index (κ2) is 4.88. The van der Waals surface area contributed by atoms with E-state index in [1.54, 1.807) is 0 Å². The van der Waals surface area contributed by atoms with Gasteiger partial charge in [0, 0.05) is 5.69 Å². The number of anilines is 1. The van der Waals surface area contributed by atoms with Crippen LogP contribution in [-0.2, 0) is 0 Å². The molecule has 0 spiro atoms. The molecular weight excluding hydrogens is 271 g/mol. The van der Waals surface area contributed by atoms with Crippen molar-refractivity contribution in [1.29, 1.82) is 0 Å². The highest BCUT2D eigenvalue weighted by molar-refractivity contribution is 5.92. The van der Waals surface area contributed by atoms with Crippen molar-refractivity contribution in [2.75, 3.05) is 5.32 Å². The maximum absolute atomic E-state index is 12.0. The SMILES string of the molecule is CC1(C)C[C@@H]1N=C(N)Nc1ccc(OC(F)(F)F)cc1. The number of benzene rings is 1. The molecule has 1 aliphatic rings. The molecule has 3 N–H and O–H groups in total. The van der Waals surface area contributed by atoms with Gasteiger partial charge in [0.25, 0.3) is 0 Å². The number of guanidine groups is 1. The Labute approximate surface area is 114 Å². The van der Waals surface area contributed by atoms with Gasteiger partial charge in [-0.05, 0) is 36.1 Å². The van der Waals surface area contributed by atoms with Crippen LogP contribution in [0.4, 0.5) is 18.9 Å². The van der Waals surface area contributed by atoms with Gasteiger partial charge in [-0.25, -0.2) is 4.99 Å². The molecule has 110 valence electrons. The Kier molecular flexibility index (Phi) is 3.54. The molecule has 0 unspecified atom stereocenters. The minimum absolute atomic E-state index is 0.177. The number of aliphatic imine (C=N–C) groups is 1. The second-order valence-electron chi connectivity index (χ2n) is 5.42. The molecule has 0 aliphatic heterocycles. The number of alkyl halides is 3. The lowest BCUT2D eigenvalue weighted by Crippen LogP contribution is -2.23. The highest BCUT2D eigenvalue weighted by atomic mass is 19.4. The molecule has 1 aromatic rings. The molecule has 7 heteroatoms. The monoisotopic (exact) mass is 287 g/mol. The van der Waals surface area contributed by atoms with Crippen LogP contribution in [0, 0.1) is 5.41 Å². The first-order valence-corrected chi connectivity index (χ1v) is 6.12. The zero-order valence-corrected chi connectivity index (χ0v) is 11.2. The summed E-state index contributed by atoms with van der Waals surface area (Å²) in [5, 5.41) is 2.83. The van der Waals surface area contributed by atoms with Gasteiger partial charge in [0.15, 0.2) is 5.96 Å². The summed E-state index contributed by atoms with van der Waals surface area (Å²) in [5.41, 5.74) is 6.47. The number of nitrogens with zero attached hydrogens (tertiary/aromatic N) is 1. The molecule has 0 radical (unpaired) electrons. The number of ether oxygens (including phenoxy) is 1. The molecule has 4 nitrogen and oxygen atoms in total. The summed E-state index contributed by atoms with van der Waals surface area (Å²) in [5.74, 6) is -0.0213. The van der Waals surface area contributed by atoms with E-state index in [2.05, 4.69) is 28.9 Å². The minimum atomic E-state index is -4.69. The maximum Gasteiger partial charge on any atom is 0.573 e. The molecule has 2 rings (SSSR count). The molecule has 0 bridgehead atoms. The smallest absolute Gasteiger partial charge is 0.406 e. The number of hydrogen-bond donors (Lipinski definition) is 2. The fourth-order valence-corrected chi connectivity index (χ4v) is 1.75. The Hall–Kier alpha value is -1.92. The van der Waals surface area contributed by atoms with Crippen LogP contribution in [0.15, 0.2) is 29.3 Å². The van der Waals surface area contributed by atoms with Crippen molar-refractivity contribution in [3.63, 3.8) is 0 Å². The topological polar surface area (TPSA) is 59.6 Å². The van der Waals surface area contributed by atoms with Gasteiger partial charge in [-0.2, -0.15) is 0 Å². The summed E-state index contributed by atoms with van der Waals surface area (Å²) in [6.07, 6.45) is -3.71. The Bertz CT molecular complexity index is 509. The number of nitrogens with two attached hydrogens (primary N) is 1. The summed E-state index contributed by atoms with van der Waals surface area (Å²) < 4.78 is 39.8. The van der Waals surface area contributed by atoms with Crippen molar-refractivity contribution in [3.8, 4) is 5.75 Å². The first-order valence-electron chi connectivity index (χ1n) is 6.12. The van der Waals surface area contributed by atoms with E-state index in [0.717, 1.165) is 6.42 Å². The van der Waals surface area contributed by atoms with Gasteiger partial charge >= 0.3 is 6.36 Å². The summed E-state index contributed by atoms with van der Waals surface area (Å²) in [4.78, 5) is 4.29. The molecule has 0 aromatic heterocycles. The van der Waals surface area contributed by atoms with E-state index in [-0.39, 0.29) is 23.2 Å². The predicted molar refractivity (Wildman–Crippen MR) is 70.6 cm³/mol. The number of nitrogens with one attached hydrogen (secondary N) is 1. The van der Waals surface area contributed by atoms with Crippen LogP contribution in [0.3, 0.4) is 0 Å². The summed E-state index contributed by atoms with van der Waals surface area (Å²) >= 11 is 0. The van der Waals surface area contributed by atoms with Crippen LogP contribution >= 0.6 is 0 Å². The molecule has 1 saturated carbocycles. The molecule has 0 amide bonds. The normalized spacial score (nSPS) is 21.4. The lowest BCUT2D eigenvalue weighted by molar-refractivity contribution is -0.274. The zero-order chi connectivity index (χ0) is 15.0. The van der Waals surface area contributed by atoms with Crippen molar-refractivity contribution in [2.45, 2.75) is 32.7 Å². The van der Waals surface area contributed by atoms with Gasteiger partial charge in [-0.3, -0.25) is 0 Å². The van der Waals surface area contributed by atoms with E-state index in [1.807, 2.05) is 0 Å². The van der Waals surface area contributed by atoms with Crippen LogP contribution < -0.4 is 15.8 Å². The molecule has 1 aliphatic carbocycles. The van der Waals surface area contributed by atoms with E-state index in [0.29, 0.717) is 5.69 Å². The third kappa shape index (κ3) is 4.04. The van der Waals surface area contributed by atoms with Crippen LogP contribution in [0.1, 0.15) is 20.3 Å². The summed E-state index contributed by atoms with van der Waals surface area (Å²) in [6, 6.07) is 5.51. The van der Waals surface area contributed by atoms with Gasteiger partial charge < -0.3 is 15.8 Å². The first-order chi connectivity index (χ1) is 9.16. The van der Waals surface area contributed by atoms with Gasteiger partial charge in [-0.15, -0.1) is 13.2 Å². The van der Waals surface area contributed by atoms with E-state index in [4.69, 9.17) is 5.73 Å². The molecule has 1 fully saturated rings. The number of halogens is 3. The third-order valence-electron chi connectivity index (χ3n) is 3.12. The number of rotatable bonds is 3. The van der Waals surface area contributed by atoms with Gasteiger partial charge in [0.05, 0.1) is 6.04 Å². The summed E-state index contributed by atoms with van der Waals surface area (Å²) in [7, 11) is 0. The van der Waals surface area contributed by atoms with Gasteiger partial charge in [0.1, 0.15) is 5.75 Å². The third-order valence-corrected chi connectivity index (χ3v) is 3.12. The molecular formula is C13H16F3N3O. The lowest BCUT2D eigenvalue weighted by Gasteiger charge is -2.10. The highest BCUT2D eigenvalue weighted by Gasteiger charge is 2.45. The Balaban J connectivity index is 1.94. The van der Waals surface area contributed by atoms with E-state index in [1.165, 1.54) is 24.3 Å². The Morgan fingerprint density at radius 1 is 1.35 bits per heavy atom. The van der Waals surface area contributed by atoms with Crippen LogP contribution in [0.5, 0.6) is 5.75 Å². The molecule has 0 heterocycles. The molecule has 20 heavy (non-hydrogen) atoms. The Morgan fingerprint density at radius 3 is 2.35 bits per heavy atom. The predicted octanol–water partition coefficient (Wildman–Crippen LogP) is 3.11. The second-order valence-corrected chi connectivity index (χ2v) is 5.42. The van der Waals surface area contributed by atoms with Crippen molar-refractivity contribution in [2.24, 2.45) is 16.1 Å². The maximum atomic E-state index is 12.0. The molecule has 0 saturated heterocycles. The number of hydrogen-bond acceptors (Lipinski definition) is 2. The average molecular weight is 287 g/mol. The average Bonchev–Trinajstić information content (AvgIpc) is 2.86. The van der Waals surface area contributed by atoms with Crippen molar-refractivity contribution >= 4 is 11.6 Å². The summed E-state index contributed by atoms with van der Waals surface area (Å²) in [6.45, 7) is 4.19. The fourth-order valence-electron chi connectivity index (χ4n) is 1.75. The fraction of sp³-hybridized carbons (Fsp3) is 0.462. The van der Waals surface area contributed by atoms with E-state index < -0.39 is 6.36 Å². The van der Waals surface area contributed by atoms with Crippen molar-refractivity contribution in [3.05, 3.63) is 24.3 Å². The largest absolute Gasteiger partial charge is 0.573 e. The van der Waals surface area contributed by atoms with Gasteiger partial charge in [0.2, 0.25) is 0 Å². The quantitative estimate of drug-likeness (QED) is 0.663.